The second kappa shape index (κ2) is 13.7. The van der Waals surface area contributed by atoms with E-state index >= 15 is 0 Å². The van der Waals surface area contributed by atoms with Gasteiger partial charge in [-0.1, -0.05) is 35.9 Å². The Morgan fingerprint density at radius 2 is 1.49 bits per heavy atom. The van der Waals surface area contributed by atoms with Gasteiger partial charge in [0.2, 0.25) is 0 Å². The lowest BCUT2D eigenvalue weighted by molar-refractivity contribution is -0.385. The number of nitrogens with zero attached hydrogens (tertiary/aromatic N) is 1. The van der Waals surface area contributed by atoms with Crippen molar-refractivity contribution in [2.24, 2.45) is 0 Å². The van der Waals surface area contributed by atoms with Gasteiger partial charge in [0.1, 0.15) is 13.2 Å². The number of rotatable bonds is 12. The Kier molecular flexibility index (Phi) is 9.83. The van der Waals surface area contributed by atoms with E-state index in [1.165, 1.54) is 24.3 Å². The maximum absolute atomic E-state index is 12.9. The highest BCUT2D eigenvalue weighted by Gasteiger charge is 2.18. The van der Waals surface area contributed by atoms with Crippen LogP contribution in [0.25, 0.3) is 0 Å². The molecule has 43 heavy (non-hydrogen) atoms. The number of carboxylic acids is 1. The topological polar surface area (TPSA) is 160 Å². The average molecular weight is 586 g/mol. The predicted octanol–water partition coefficient (Wildman–Crippen LogP) is 6.59. The molecular weight excluding hydrogens is 554 g/mol. The first-order valence-electron chi connectivity index (χ1n) is 13.3. The summed E-state index contributed by atoms with van der Waals surface area (Å²) in [6, 6.07) is 20.4. The van der Waals surface area contributed by atoms with Gasteiger partial charge in [0.05, 0.1) is 21.7 Å². The molecule has 0 aliphatic rings. The third-order valence-electron chi connectivity index (χ3n) is 6.92. The van der Waals surface area contributed by atoms with Gasteiger partial charge in [0.25, 0.3) is 11.6 Å². The van der Waals surface area contributed by atoms with Gasteiger partial charge in [0.15, 0.2) is 0 Å². The highest BCUT2D eigenvalue weighted by Crippen LogP contribution is 2.24. The molecule has 0 spiro atoms. The standard InChI is InChI=1S/C32H31N3O8/c1-19-4-9-27(32(37)38)28(12-19)31(36)33-29-10-5-22(13-20(29)2)15-23-6-11-30(21(3)14-23)34-42-17-25-16-26(35(39)40)8-7-24(25)18-43-41/h4-14,16,34,41H,15,17-18H2,1-3H3,(H,33,36)(H,37,38). The summed E-state index contributed by atoms with van der Waals surface area (Å²) >= 11 is 0. The fraction of sp³-hybridized carbons (Fsp3) is 0.188. The highest BCUT2D eigenvalue weighted by molar-refractivity contribution is 6.11. The summed E-state index contributed by atoms with van der Waals surface area (Å²) in [5.74, 6) is -1.65. The molecule has 0 fully saturated rings. The lowest BCUT2D eigenvalue weighted by Crippen LogP contribution is -2.17. The predicted molar refractivity (Wildman–Crippen MR) is 160 cm³/mol. The van der Waals surface area contributed by atoms with Gasteiger partial charge in [-0.3, -0.25) is 30.5 Å². The molecule has 11 heteroatoms. The van der Waals surface area contributed by atoms with Crippen LogP contribution in [0.1, 0.15) is 59.7 Å². The number of carboxylic acid groups (broad SMARTS) is 1. The monoisotopic (exact) mass is 585 g/mol. The number of hydrogen-bond acceptors (Lipinski definition) is 8. The van der Waals surface area contributed by atoms with Crippen LogP contribution in [-0.4, -0.2) is 27.2 Å². The van der Waals surface area contributed by atoms with Gasteiger partial charge in [-0.25, -0.2) is 9.68 Å². The molecular formula is C32H31N3O8. The van der Waals surface area contributed by atoms with Crippen LogP contribution in [0.4, 0.5) is 17.1 Å². The molecule has 0 bridgehead atoms. The first kappa shape index (κ1) is 30.8. The van der Waals surface area contributed by atoms with Crippen LogP contribution >= 0.6 is 0 Å². The zero-order chi connectivity index (χ0) is 31.1. The van der Waals surface area contributed by atoms with Crippen molar-refractivity contribution in [1.29, 1.82) is 0 Å². The minimum absolute atomic E-state index is 0.00519. The van der Waals surface area contributed by atoms with Crippen molar-refractivity contribution in [3.63, 3.8) is 0 Å². The number of anilines is 2. The lowest BCUT2D eigenvalue weighted by atomic mass is 10.00. The first-order valence-corrected chi connectivity index (χ1v) is 13.3. The van der Waals surface area contributed by atoms with Crippen LogP contribution in [0.2, 0.25) is 0 Å². The molecule has 4 aromatic carbocycles. The Labute approximate surface area is 247 Å². The molecule has 0 atom stereocenters. The third-order valence-corrected chi connectivity index (χ3v) is 6.92. The third kappa shape index (κ3) is 7.80. The van der Waals surface area contributed by atoms with Crippen molar-refractivity contribution in [3.8, 4) is 0 Å². The number of hydrogen-bond donors (Lipinski definition) is 4. The second-order valence-electron chi connectivity index (χ2n) is 10.2. The zero-order valence-corrected chi connectivity index (χ0v) is 23.8. The van der Waals surface area contributed by atoms with E-state index in [9.17, 15) is 24.8 Å². The Bertz CT molecular complexity index is 1690. The molecule has 0 aliphatic carbocycles. The highest BCUT2D eigenvalue weighted by atomic mass is 17.1. The van der Waals surface area contributed by atoms with Crippen LogP contribution < -0.4 is 10.8 Å². The van der Waals surface area contributed by atoms with E-state index in [4.69, 9.17) is 10.1 Å². The summed E-state index contributed by atoms with van der Waals surface area (Å²) in [5, 5.41) is 32.2. The normalized spacial score (nSPS) is 10.8. The SMILES string of the molecule is Cc1ccc(C(=O)O)c(C(=O)Nc2ccc(Cc3ccc(NOCc4cc([N+](=O)[O-])ccc4COO)c(C)c3)cc2C)c1. The summed E-state index contributed by atoms with van der Waals surface area (Å²) in [6.45, 7) is 5.48. The van der Waals surface area contributed by atoms with Crippen molar-refractivity contribution in [1.82, 2.24) is 0 Å². The maximum Gasteiger partial charge on any atom is 0.336 e. The summed E-state index contributed by atoms with van der Waals surface area (Å²) in [6.07, 6.45) is 0.635. The van der Waals surface area contributed by atoms with Gasteiger partial charge >= 0.3 is 5.97 Å². The van der Waals surface area contributed by atoms with E-state index in [-0.39, 0.29) is 30.0 Å². The Balaban J connectivity index is 1.39. The maximum atomic E-state index is 12.9. The van der Waals surface area contributed by atoms with Crippen molar-refractivity contribution in [3.05, 3.63) is 133 Å². The minimum Gasteiger partial charge on any atom is -0.478 e. The first-order chi connectivity index (χ1) is 20.5. The summed E-state index contributed by atoms with van der Waals surface area (Å²) in [5.41, 5.74) is 9.84. The number of aromatic carboxylic acids is 1. The zero-order valence-electron chi connectivity index (χ0n) is 23.8. The van der Waals surface area contributed by atoms with Crippen molar-refractivity contribution < 1.29 is 34.6 Å². The fourth-order valence-electron chi connectivity index (χ4n) is 4.65. The molecule has 0 aromatic heterocycles. The van der Waals surface area contributed by atoms with E-state index in [0.29, 0.717) is 23.2 Å². The molecule has 0 saturated heterocycles. The van der Waals surface area contributed by atoms with Crippen LogP contribution in [0, 0.1) is 30.9 Å². The molecule has 222 valence electrons. The van der Waals surface area contributed by atoms with Crippen LogP contribution in [0.5, 0.6) is 0 Å². The molecule has 0 saturated carbocycles. The number of benzene rings is 4. The molecule has 4 N–H and O–H groups in total. The Morgan fingerprint density at radius 3 is 2.09 bits per heavy atom. The van der Waals surface area contributed by atoms with Crippen LogP contribution in [0.15, 0.2) is 72.8 Å². The van der Waals surface area contributed by atoms with E-state index in [1.54, 1.807) is 25.1 Å². The number of nitro groups is 1. The number of amides is 1. The molecule has 1 amide bonds. The Hall–Kier alpha value is -5.10. The smallest absolute Gasteiger partial charge is 0.336 e. The number of aryl methyl sites for hydroxylation is 3. The van der Waals surface area contributed by atoms with E-state index in [0.717, 1.165) is 33.5 Å². The molecule has 0 aliphatic heterocycles. The largest absolute Gasteiger partial charge is 0.478 e. The van der Waals surface area contributed by atoms with Crippen LogP contribution in [0.3, 0.4) is 0 Å². The van der Waals surface area contributed by atoms with Gasteiger partial charge < -0.3 is 10.4 Å². The average Bonchev–Trinajstić information content (AvgIpc) is 2.96. The molecule has 0 heterocycles. The molecule has 4 aromatic rings. The number of carbonyl (C=O) groups is 2. The van der Waals surface area contributed by atoms with Crippen molar-refractivity contribution in [2.75, 3.05) is 10.8 Å². The number of nitro benzene ring substituents is 1. The van der Waals surface area contributed by atoms with Crippen molar-refractivity contribution >= 4 is 28.9 Å². The summed E-state index contributed by atoms with van der Waals surface area (Å²) in [4.78, 5) is 44.9. The molecule has 0 unspecified atom stereocenters. The fourth-order valence-corrected chi connectivity index (χ4v) is 4.65. The lowest BCUT2D eigenvalue weighted by Gasteiger charge is -2.14. The van der Waals surface area contributed by atoms with Gasteiger partial charge in [-0.05, 0) is 90.9 Å². The number of non-ortho nitro benzene ring substituents is 1. The van der Waals surface area contributed by atoms with Crippen molar-refractivity contribution in [2.45, 2.75) is 40.4 Å². The van der Waals surface area contributed by atoms with Gasteiger partial charge in [0, 0.05) is 17.8 Å². The quantitative estimate of drug-likeness (QED) is 0.0816. The molecule has 11 nitrogen and oxygen atoms in total. The Morgan fingerprint density at radius 1 is 0.814 bits per heavy atom. The van der Waals surface area contributed by atoms with Gasteiger partial charge in [-0.15, -0.1) is 0 Å². The number of nitrogens with one attached hydrogen (secondary N) is 2. The second-order valence-corrected chi connectivity index (χ2v) is 10.2. The van der Waals surface area contributed by atoms with E-state index < -0.39 is 16.8 Å². The molecule has 0 radical (unpaired) electrons. The summed E-state index contributed by atoms with van der Waals surface area (Å²) < 4.78 is 0. The minimum atomic E-state index is -1.16. The number of carbonyl (C=O) groups excluding carboxylic acids is 1. The van der Waals surface area contributed by atoms with E-state index in [2.05, 4.69) is 15.7 Å². The molecule has 4 rings (SSSR count). The van der Waals surface area contributed by atoms with Crippen LogP contribution in [-0.2, 0) is 29.4 Å². The van der Waals surface area contributed by atoms with E-state index in [1.807, 2.05) is 44.2 Å². The summed E-state index contributed by atoms with van der Waals surface area (Å²) in [7, 11) is 0. The van der Waals surface area contributed by atoms with Gasteiger partial charge in [-0.2, -0.15) is 0 Å².